The van der Waals surface area contributed by atoms with Gasteiger partial charge in [0.15, 0.2) is 0 Å². The number of rotatable bonds is 1. The average molecular weight is 316 g/mol. The van der Waals surface area contributed by atoms with Crippen molar-refractivity contribution >= 4 is 32.7 Å². The topological polar surface area (TPSA) is 43.8 Å². The second-order valence-corrected chi connectivity index (χ2v) is 5.66. The fourth-order valence-electron chi connectivity index (χ4n) is 2.20. The highest BCUT2D eigenvalue weighted by Crippen LogP contribution is 2.26. The maximum absolute atomic E-state index is 6.09. The second kappa shape index (κ2) is 4.38. The molecule has 0 unspecified atom stereocenters. The Morgan fingerprint density at radius 3 is 2.58 bits per heavy atom. The van der Waals surface area contributed by atoms with Crippen LogP contribution in [0.15, 0.2) is 41.1 Å². The molecule has 3 nitrogen and oxygen atoms in total. The second-order valence-electron chi connectivity index (χ2n) is 4.74. The predicted octanol–water partition coefficient (Wildman–Crippen LogP) is 3.99. The molecule has 0 radical (unpaired) electrons. The Hall–Kier alpha value is -1.81. The van der Waals surface area contributed by atoms with Crippen molar-refractivity contribution in [2.45, 2.75) is 13.8 Å². The minimum Gasteiger partial charge on any atom is -0.397 e. The highest BCUT2D eigenvalue weighted by Gasteiger charge is 2.09. The smallest absolute Gasteiger partial charge is 0.100 e. The Kier molecular flexibility index (Phi) is 2.82. The molecule has 96 valence electrons. The van der Waals surface area contributed by atoms with Crippen molar-refractivity contribution in [3.8, 4) is 5.69 Å². The van der Waals surface area contributed by atoms with Crippen molar-refractivity contribution in [1.29, 1.82) is 0 Å². The van der Waals surface area contributed by atoms with Crippen LogP contribution < -0.4 is 5.73 Å². The first kappa shape index (κ1) is 12.2. The van der Waals surface area contributed by atoms with E-state index >= 15 is 0 Å². The molecule has 1 aromatic heterocycles. The molecule has 0 saturated heterocycles. The number of imidazole rings is 1. The van der Waals surface area contributed by atoms with Crippen LogP contribution in [0.1, 0.15) is 11.1 Å². The first-order valence-electron chi connectivity index (χ1n) is 6.06. The third-order valence-corrected chi connectivity index (χ3v) is 3.91. The van der Waals surface area contributed by atoms with Gasteiger partial charge in [0.25, 0.3) is 0 Å². The van der Waals surface area contributed by atoms with E-state index in [0.29, 0.717) is 0 Å². The standard InChI is InChI=1S/C15H14BrN3/c1-9-5-13-15(6-10(9)2)19(8-18-13)14-4-3-11(16)7-12(14)17/h3-8H,17H2,1-2H3. The molecule has 3 aromatic rings. The number of nitrogen functional groups attached to an aromatic ring is 1. The molecular formula is C15H14BrN3. The number of hydrogen-bond acceptors (Lipinski definition) is 2. The van der Waals surface area contributed by atoms with E-state index in [-0.39, 0.29) is 0 Å². The van der Waals surface area contributed by atoms with Gasteiger partial charge < -0.3 is 5.73 Å². The number of aryl methyl sites for hydroxylation is 2. The van der Waals surface area contributed by atoms with Crippen LogP contribution in [0.25, 0.3) is 16.7 Å². The highest BCUT2D eigenvalue weighted by atomic mass is 79.9. The van der Waals surface area contributed by atoms with Crippen molar-refractivity contribution in [3.05, 3.63) is 52.3 Å². The van der Waals surface area contributed by atoms with Crippen LogP contribution in [0.3, 0.4) is 0 Å². The maximum atomic E-state index is 6.09. The van der Waals surface area contributed by atoms with Crippen molar-refractivity contribution in [2.75, 3.05) is 5.73 Å². The number of aromatic nitrogens is 2. The van der Waals surface area contributed by atoms with E-state index in [0.717, 1.165) is 26.9 Å². The molecule has 4 heteroatoms. The predicted molar refractivity (Wildman–Crippen MR) is 82.7 cm³/mol. The summed E-state index contributed by atoms with van der Waals surface area (Å²) in [5.41, 5.74) is 12.4. The van der Waals surface area contributed by atoms with Gasteiger partial charge in [-0.25, -0.2) is 4.98 Å². The molecule has 0 fully saturated rings. The van der Waals surface area contributed by atoms with E-state index in [2.05, 4.69) is 46.9 Å². The van der Waals surface area contributed by atoms with Gasteiger partial charge in [0.1, 0.15) is 6.33 Å². The van der Waals surface area contributed by atoms with Crippen molar-refractivity contribution in [1.82, 2.24) is 9.55 Å². The molecule has 0 spiro atoms. The van der Waals surface area contributed by atoms with Crippen molar-refractivity contribution in [2.24, 2.45) is 0 Å². The minimum atomic E-state index is 0.729. The molecule has 2 aromatic carbocycles. The third kappa shape index (κ3) is 2.02. The van der Waals surface area contributed by atoms with Gasteiger partial charge in [0.2, 0.25) is 0 Å². The quantitative estimate of drug-likeness (QED) is 0.690. The SMILES string of the molecule is Cc1cc2ncn(-c3ccc(Br)cc3N)c2cc1C. The molecule has 0 amide bonds. The number of benzene rings is 2. The van der Waals surface area contributed by atoms with E-state index in [9.17, 15) is 0 Å². The number of anilines is 1. The molecule has 0 saturated carbocycles. The number of fused-ring (bicyclic) bond motifs is 1. The van der Waals surface area contributed by atoms with Crippen LogP contribution >= 0.6 is 15.9 Å². The van der Waals surface area contributed by atoms with Gasteiger partial charge in [-0.15, -0.1) is 0 Å². The molecule has 0 bridgehead atoms. The summed E-state index contributed by atoms with van der Waals surface area (Å²) < 4.78 is 3.01. The normalized spacial score (nSPS) is 11.1. The van der Waals surface area contributed by atoms with Gasteiger partial charge in [-0.3, -0.25) is 4.57 Å². The van der Waals surface area contributed by atoms with Crippen LogP contribution in [-0.2, 0) is 0 Å². The lowest BCUT2D eigenvalue weighted by atomic mass is 10.1. The molecular weight excluding hydrogens is 302 g/mol. The van der Waals surface area contributed by atoms with Gasteiger partial charge in [0, 0.05) is 4.47 Å². The molecule has 2 N–H and O–H groups in total. The number of nitrogens with two attached hydrogens (primary N) is 1. The monoisotopic (exact) mass is 315 g/mol. The van der Waals surface area contributed by atoms with Gasteiger partial charge >= 0.3 is 0 Å². The zero-order valence-electron chi connectivity index (χ0n) is 10.8. The zero-order valence-corrected chi connectivity index (χ0v) is 12.4. The van der Waals surface area contributed by atoms with Crippen LogP contribution in [0.2, 0.25) is 0 Å². The molecule has 19 heavy (non-hydrogen) atoms. The molecule has 1 heterocycles. The van der Waals surface area contributed by atoms with Crippen LogP contribution in [0.4, 0.5) is 5.69 Å². The largest absolute Gasteiger partial charge is 0.397 e. The van der Waals surface area contributed by atoms with Crippen LogP contribution in [0, 0.1) is 13.8 Å². The zero-order chi connectivity index (χ0) is 13.6. The lowest BCUT2D eigenvalue weighted by Gasteiger charge is -2.09. The Balaban J connectivity index is 2.28. The van der Waals surface area contributed by atoms with Crippen LogP contribution in [-0.4, -0.2) is 9.55 Å². The van der Waals surface area contributed by atoms with E-state index in [4.69, 9.17) is 5.73 Å². The van der Waals surface area contributed by atoms with Gasteiger partial charge in [-0.1, -0.05) is 15.9 Å². The van der Waals surface area contributed by atoms with Gasteiger partial charge in [-0.05, 0) is 55.3 Å². The van der Waals surface area contributed by atoms with Crippen molar-refractivity contribution < 1.29 is 0 Å². The summed E-state index contributed by atoms with van der Waals surface area (Å²) in [4.78, 5) is 4.46. The fourth-order valence-corrected chi connectivity index (χ4v) is 2.58. The maximum Gasteiger partial charge on any atom is 0.100 e. The summed E-state index contributed by atoms with van der Waals surface area (Å²) in [5, 5.41) is 0. The number of halogens is 1. The summed E-state index contributed by atoms with van der Waals surface area (Å²) in [6.07, 6.45) is 1.82. The molecule has 0 aliphatic carbocycles. The minimum absolute atomic E-state index is 0.729. The fraction of sp³-hybridized carbons (Fsp3) is 0.133. The third-order valence-electron chi connectivity index (χ3n) is 3.41. The summed E-state index contributed by atoms with van der Waals surface area (Å²) in [6.45, 7) is 4.21. The van der Waals surface area contributed by atoms with Gasteiger partial charge in [0.05, 0.1) is 22.4 Å². The first-order valence-corrected chi connectivity index (χ1v) is 6.85. The van der Waals surface area contributed by atoms with E-state index in [1.165, 1.54) is 11.1 Å². The lowest BCUT2D eigenvalue weighted by Crippen LogP contribution is -1.98. The van der Waals surface area contributed by atoms with Crippen LogP contribution in [0.5, 0.6) is 0 Å². The van der Waals surface area contributed by atoms with E-state index in [1.54, 1.807) is 0 Å². The molecule has 0 aliphatic heterocycles. The summed E-state index contributed by atoms with van der Waals surface area (Å²) in [6, 6.07) is 10.1. The molecule has 0 aliphatic rings. The highest BCUT2D eigenvalue weighted by molar-refractivity contribution is 9.10. The Morgan fingerprint density at radius 2 is 1.84 bits per heavy atom. The van der Waals surface area contributed by atoms with Crippen molar-refractivity contribution in [3.63, 3.8) is 0 Å². The lowest BCUT2D eigenvalue weighted by molar-refractivity contribution is 1.09. The molecule has 3 rings (SSSR count). The van der Waals surface area contributed by atoms with E-state index in [1.807, 2.05) is 29.1 Å². The average Bonchev–Trinajstić information content (AvgIpc) is 2.73. The summed E-state index contributed by atoms with van der Waals surface area (Å²) in [5.74, 6) is 0. The Morgan fingerprint density at radius 1 is 1.11 bits per heavy atom. The Labute approximate surface area is 120 Å². The first-order chi connectivity index (χ1) is 9.06. The summed E-state index contributed by atoms with van der Waals surface area (Å²) in [7, 11) is 0. The van der Waals surface area contributed by atoms with E-state index < -0.39 is 0 Å². The summed E-state index contributed by atoms with van der Waals surface area (Å²) >= 11 is 3.43. The van der Waals surface area contributed by atoms with Gasteiger partial charge in [-0.2, -0.15) is 0 Å². The molecule has 0 atom stereocenters. The number of hydrogen-bond donors (Lipinski definition) is 1. The Bertz CT molecular complexity index is 774. The number of nitrogens with zero attached hydrogens (tertiary/aromatic N) is 2.